The first-order valence-corrected chi connectivity index (χ1v) is 23.8. The number of fused-ring (bicyclic) bond motifs is 6. The predicted molar refractivity (Wildman–Crippen MR) is 270 cm³/mol. The van der Waals surface area contributed by atoms with E-state index in [1.165, 1.54) is 86.6 Å². The SMILES string of the molecule is c1ccc(-c2ccc(-n3c4ccccc4c4c(-c5ccccc5)cc(-n5c6ccccc6c6ccc([Si](c7ccccc7)(c7ccccc7)c7ccccc7)cc65)cc43)cc2)cc1. The highest BCUT2D eigenvalue weighted by atomic mass is 28.3. The lowest BCUT2D eigenvalue weighted by atomic mass is 9.98. The molecule has 0 saturated carbocycles. The summed E-state index contributed by atoms with van der Waals surface area (Å²) >= 11 is 0. The maximum Gasteiger partial charge on any atom is 0.179 e. The standard InChI is InChI=1S/C60H42N2Si/c1-6-20-43(21-7-1)44-34-36-46(37-35-44)61-57-33-19-17-31-54(57)60-55(45-22-8-2-9-23-45)40-47(41-59(60)61)62-56-32-18-16-30-52(56)53-39-38-51(42-58(53)62)63(48-24-10-3-11-25-48,49-26-12-4-13-27-49)50-28-14-5-15-29-50/h1-42H. The number of nitrogens with zero attached hydrogens (tertiary/aromatic N) is 2. The summed E-state index contributed by atoms with van der Waals surface area (Å²) in [6.45, 7) is 0. The number of rotatable bonds is 8. The van der Waals surface area contributed by atoms with Crippen LogP contribution in [0, 0.1) is 0 Å². The van der Waals surface area contributed by atoms with Crippen LogP contribution in [-0.4, -0.2) is 17.2 Å². The second kappa shape index (κ2) is 15.2. The van der Waals surface area contributed by atoms with Crippen molar-refractivity contribution >= 4 is 72.4 Å². The van der Waals surface area contributed by atoms with Crippen LogP contribution >= 0.6 is 0 Å². The quantitative estimate of drug-likeness (QED) is 0.107. The van der Waals surface area contributed by atoms with Gasteiger partial charge < -0.3 is 9.13 Å². The van der Waals surface area contributed by atoms with Crippen molar-refractivity contribution in [2.24, 2.45) is 0 Å². The van der Waals surface area contributed by atoms with Crippen molar-refractivity contribution in [1.82, 2.24) is 9.13 Å². The van der Waals surface area contributed by atoms with Gasteiger partial charge in [-0.05, 0) is 85.5 Å². The van der Waals surface area contributed by atoms with Crippen LogP contribution in [0.15, 0.2) is 255 Å². The Balaban J connectivity index is 1.18. The van der Waals surface area contributed by atoms with E-state index in [2.05, 4.69) is 264 Å². The van der Waals surface area contributed by atoms with Crippen LogP contribution in [-0.2, 0) is 0 Å². The van der Waals surface area contributed by atoms with Crippen LogP contribution in [0.2, 0.25) is 0 Å². The van der Waals surface area contributed by atoms with Crippen molar-refractivity contribution in [2.45, 2.75) is 0 Å². The summed E-state index contributed by atoms with van der Waals surface area (Å²) in [6.07, 6.45) is 0. The van der Waals surface area contributed by atoms with Gasteiger partial charge in [0.1, 0.15) is 0 Å². The third kappa shape index (κ3) is 5.93. The molecular weight excluding hydrogens is 777 g/mol. The van der Waals surface area contributed by atoms with E-state index in [9.17, 15) is 0 Å². The fraction of sp³-hybridized carbons (Fsp3) is 0. The van der Waals surface area contributed by atoms with Crippen LogP contribution in [0.4, 0.5) is 0 Å². The molecule has 0 spiro atoms. The highest BCUT2D eigenvalue weighted by Crippen LogP contribution is 2.42. The molecule has 0 atom stereocenters. The molecule has 2 nitrogen and oxygen atoms in total. The molecule has 0 saturated heterocycles. The summed E-state index contributed by atoms with van der Waals surface area (Å²) in [7, 11) is -2.82. The van der Waals surface area contributed by atoms with Gasteiger partial charge >= 0.3 is 0 Å². The van der Waals surface area contributed by atoms with Gasteiger partial charge in [0.2, 0.25) is 0 Å². The van der Waals surface area contributed by atoms with Crippen LogP contribution in [0.5, 0.6) is 0 Å². The van der Waals surface area contributed by atoms with Gasteiger partial charge in [0, 0.05) is 32.9 Å². The molecule has 0 fully saturated rings. The molecular formula is C60H42N2Si. The molecule has 12 rings (SSSR count). The molecule has 0 unspecified atom stereocenters. The van der Waals surface area contributed by atoms with Crippen molar-refractivity contribution in [1.29, 1.82) is 0 Å². The molecule has 0 aliphatic carbocycles. The number of hydrogen-bond acceptors (Lipinski definition) is 0. The molecule has 3 heteroatoms. The van der Waals surface area contributed by atoms with Gasteiger partial charge in [-0.25, -0.2) is 0 Å². The van der Waals surface area contributed by atoms with Gasteiger partial charge in [-0.3, -0.25) is 0 Å². The maximum absolute atomic E-state index is 2.82. The smallest absolute Gasteiger partial charge is 0.179 e. The number of aromatic nitrogens is 2. The third-order valence-electron chi connectivity index (χ3n) is 13.1. The molecule has 63 heavy (non-hydrogen) atoms. The highest BCUT2D eigenvalue weighted by molar-refractivity contribution is 7.20. The largest absolute Gasteiger partial charge is 0.309 e. The second-order valence-electron chi connectivity index (χ2n) is 16.5. The minimum absolute atomic E-state index is 1.13. The van der Waals surface area contributed by atoms with E-state index in [0.717, 1.165) is 11.4 Å². The Labute approximate surface area is 368 Å². The highest BCUT2D eigenvalue weighted by Gasteiger charge is 2.41. The van der Waals surface area contributed by atoms with Gasteiger partial charge in [-0.1, -0.05) is 212 Å². The fourth-order valence-corrected chi connectivity index (χ4v) is 15.1. The van der Waals surface area contributed by atoms with Crippen molar-refractivity contribution in [3.63, 3.8) is 0 Å². The molecule has 10 aromatic carbocycles. The first kappa shape index (κ1) is 36.8. The monoisotopic (exact) mass is 818 g/mol. The Morgan fingerprint density at radius 1 is 0.254 bits per heavy atom. The van der Waals surface area contributed by atoms with Gasteiger partial charge in [0.25, 0.3) is 0 Å². The molecule has 0 amide bonds. The summed E-state index contributed by atoms with van der Waals surface area (Å²) in [6, 6.07) is 94.3. The molecule has 296 valence electrons. The van der Waals surface area contributed by atoms with Crippen LogP contribution in [0.3, 0.4) is 0 Å². The summed E-state index contributed by atoms with van der Waals surface area (Å²) in [5, 5.41) is 10.4. The zero-order chi connectivity index (χ0) is 41.7. The van der Waals surface area contributed by atoms with E-state index in [1.54, 1.807) is 0 Å². The Morgan fingerprint density at radius 3 is 1.29 bits per heavy atom. The molecule has 0 N–H and O–H groups in total. The average molecular weight is 819 g/mol. The van der Waals surface area contributed by atoms with Crippen LogP contribution in [0.25, 0.3) is 77.2 Å². The van der Waals surface area contributed by atoms with E-state index in [4.69, 9.17) is 0 Å². The topological polar surface area (TPSA) is 9.86 Å². The van der Waals surface area contributed by atoms with E-state index in [0.29, 0.717) is 0 Å². The molecule has 0 bridgehead atoms. The summed E-state index contributed by atoms with van der Waals surface area (Å²) in [5.74, 6) is 0. The van der Waals surface area contributed by atoms with Crippen molar-refractivity contribution in [3.05, 3.63) is 255 Å². The first-order chi connectivity index (χ1) is 31.3. The molecule has 0 aliphatic rings. The molecule has 2 aromatic heterocycles. The maximum atomic E-state index is 2.53. The zero-order valence-electron chi connectivity index (χ0n) is 34.6. The van der Waals surface area contributed by atoms with Crippen molar-refractivity contribution in [3.8, 4) is 33.6 Å². The normalized spacial score (nSPS) is 11.8. The third-order valence-corrected chi connectivity index (χ3v) is 17.8. The first-order valence-electron chi connectivity index (χ1n) is 21.8. The molecule has 0 radical (unpaired) electrons. The minimum Gasteiger partial charge on any atom is -0.309 e. The van der Waals surface area contributed by atoms with Crippen molar-refractivity contribution in [2.75, 3.05) is 0 Å². The molecule has 2 heterocycles. The Bertz CT molecular complexity index is 3480. The van der Waals surface area contributed by atoms with E-state index in [-0.39, 0.29) is 0 Å². The number of hydrogen-bond donors (Lipinski definition) is 0. The minimum atomic E-state index is -2.82. The summed E-state index contributed by atoms with van der Waals surface area (Å²) in [5.41, 5.74) is 11.8. The zero-order valence-corrected chi connectivity index (χ0v) is 35.6. The van der Waals surface area contributed by atoms with Crippen LogP contribution < -0.4 is 20.7 Å². The fourth-order valence-electron chi connectivity index (χ4n) is 10.3. The van der Waals surface area contributed by atoms with E-state index in [1.807, 2.05) is 0 Å². The van der Waals surface area contributed by atoms with Gasteiger partial charge in [0.05, 0.1) is 22.1 Å². The Kier molecular flexibility index (Phi) is 8.87. The van der Waals surface area contributed by atoms with Gasteiger partial charge in [0.15, 0.2) is 8.07 Å². The van der Waals surface area contributed by atoms with E-state index < -0.39 is 8.07 Å². The number of benzene rings is 10. The van der Waals surface area contributed by atoms with Gasteiger partial charge in [-0.15, -0.1) is 0 Å². The lowest BCUT2D eigenvalue weighted by Crippen LogP contribution is -2.74. The summed E-state index contributed by atoms with van der Waals surface area (Å²) in [4.78, 5) is 0. The molecule has 12 aromatic rings. The van der Waals surface area contributed by atoms with Crippen molar-refractivity contribution < 1.29 is 0 Å². The van der Waals surface area contributed by atoms with Crippen LogP contribution in [0.1, 0.15) is 0 Å². The van der Waals surface area contributed by atoms with E-state index >= 15 is 0 Å². The Hall–Kier alpha value is -7.98. The molecule has 0 aliphatic heterocycles. The predicted octanol–water partition coefficient (Wildman–Crippen LogP) is 12.6. The Morgan fingerprint density at radius 2 is 0.698 bits per heavy atom. The lowest BCUT2D eigenvalue weighted by molar-refractivity contribution is 1.16. The second-order valence-corrected chi connectivity index (χ2v) is 20.3. The number of para-hydroxylation sites is 2. The lowest BCUT2D eigenvalue weighted by Gasteiger charge is -2.34. The average Bonchev–Trinajstić information content (AvgIpc) is 3.88. The van der Waals surface area contributed by atoms with Gasteiger partial charge in [-0.2, -0.15) is 0 Å². The summed E-state index contributed by atoms with van der Waals surface area (Å²) < 4.78 is 4.99.